The van der Waals surface area contributed by atoms with Gasteiger partial charge >= 0.3 is 5.97 Å². The van der Waals surface area contributed by atoms with Crippen LogP contribution in [0.15, 0.2) is 82.0 Å². The Labute approximate surface area is 215 Å². The van der Waals surface area contributed by atoms with Crippen LogP contribution in [0, 0.1) is 0 Å². The van der Waals surface area contributed by atoms with E-state index in [1.54, 1.807) is 6.07 Å². The molecule has 4 rings (SSSR count). The number of hydrogen-bond acceptors (Lipinski definition) is 6. The number of aliphatic imine (C=N–C) groups is 1. The normalized spacial score (nSPS) is 17.9. The first kappa shape index (κ1) is 25.1. The molecule has 2 aromatic rings. The van der Waals surface area contributed by atoms with Crippen LogP contribution in [0.4, 0.5) is 0 Å². The monoisotopic (exact) mass is 509 g/mol. The second-order valence-corrected chi connectivity index (χ2v) is 9.77. The summed E-state index contributed by atoms with van der Waals surface area (Å²) in [6, 6.07) is 16.5. The van der Waals surface area contributed by atoms with Gasteiger partial charge in [0, 0.05) is 16.8 Å². The van der Waals surface area contributed by atoms with E-state index in [1.165, 1.54) is 11.8 Å². The second kappa shape index (κ2) is 11.1. The molecule has 0 fully saturated rings. The quantitative estimate of drug-likeness (QED) is 0.444. The summed E-state index contributed by atoms with van der Waals surface area (Å²) in [5, 5.41) is 6.17. The highest BCUT2D eigenvalue weighted by molar-refractivity contribution is 8.16. The van der Waals surface area contributed by atoms with E-state index in [9.17, 15) is 9.59 Å². The summed E-state index contributed by atoms with van der Waals surface area (Å²) < 4.78 is 5.72. The zero-order chi connectivity index (χ0) is 24.9. The molecule has 35 heavy (non-hydrogen) atoms. The van der Waals surface area contributed by atoms with Crippen molar-refractivity contribution >= 4 is 40.4 Å². The summed E-state index contributed by atoms with van der Waals surface area (Å²) in [4.78, 5) is 32.8. The smallest absolute Gasteiger partial charge is 0.338 e. The van der Waals surface area contributed by atoms with Gasteiger partial charge in [0.15, 0.2) is 5.17 Å². The third kappa shape index (κ3) is 5.63. The van der Waals surface area contributed by atoms with Gasteiger partial charge in [-0.1, -0.05) is 78.8 Å². The predicted octanol–water partition coefficient (Wildman–Crippen LogP) is 5.96. The fourth-order valence-corrected chi connectivity index (χ4v) is 5.22. The third-order valence-electron chi connectivity index (χ3n) is 5.99. The summed E-state index contributed by atoms with van der Waals surface area (Å²) in [5.74, 6) is -0.538. The molecule has 0 aromatic heterocycles. The van der Waals surface area contributed by atoms with E-state index in [1.807, 2.05) is 79.6 Å². The van der Waals surface area contributed by atoms with Crippen LogP contribution in [0.3, 0.4) is 0 Å². The lowest BCUT2D eigenvalue weighted by atomic mass is 9.93. The Balaban J connectivity index is 1.67. The molecule has 2 aliphatic heterocycles. The highest BCUT2D eigenvalue weighted by Gasteiger charge is 2.41. The largest absolute Gasteiger partial charge is 0.457 e. The van der Waals surface area contributed by atoms with Gasteiger partial charge in [-0.25, -0.2) is 9.79 Å². The van der Waals surface area contributed by atoms with E-state index in [-0.39, 0.29) is 25.0 Å². The van der Waals surface area contributed by atoms with Crippen molar-refractivity contribution in [3.63, 3.8) is 0 Å². The molecule has 2 atom stereocenters. The number of rotatable bonds is 8. The van der Waals surface area contributed by atoms with Gasteiger partial charge in [-0.2, -0.15) is 0 Å². The van der Waals surface area contributed by atoms with Gasteiger partial charge in [0.05, 0.1) is 23.7 Å². The minimum atomic E-state index is -0.558. The second-order valence-electron chi connectivity index (χ2n) is 8.53. The topological polar surface area (TPSA) is 71.0 Å². The molecule has 2 aromatic carbocycles. The molecule has 0 spiro atoms. The van der Waals surface area contributed by atoms with Crippen LogP contribution < -0.4 is 5.32 Å². The van der Waals surface area contributed by atoms with Crippen molar-refractivity contribution < 1.29 is 14.3 Å². The number of thioether (sulfide) groups is 1. The number of carbonyl (C=O) groups is 2. The number of nitrogens with one attached hydrogen (secondary N) is 1. The summed E-state index contributed by atoms with van der Waals surface area (Å²) in [6.07, 6.45) is 1.01. The first-order valence-corrected chi connectivity index (χ1v) is 12.8. The Kier molecular flexibility index (Phi) is 7.98. The van der Waals surface area contributed by atoms with Gasteiger partial charge in [-0.05, 0) is 42.9 Å². The molecule has 0 aliphatic carbocycles. The lowest BCUT2D eigenvalue weighted by Gasteiger charge is -2.36. The van der Waals surface area contributed by atoms with E-state index in [0.717, 1.165) is 23.2 Å². The molecule has 182 valence electrons. The number of halogens is 1. The van der Waals surface area contributed by atoms with Gasteiger partial charge in [0.1, 0.15) is 6.61 Å². The van der Waals surface area contributed by atoms with Gasteiger partial charge < -0.3 is 15.0 Å². The van der Waals surface area contributed by atoms with Crippen LogP contribution in [0.5, 0.6) is 0 Å². The van der Waals surface area contributed by atoms with Gasteiger partial charge in [0.2, 0.25) is 5.91 Å². The van der Waals surface area contributed by atoms with Crippen LogP contribution in [-0.4, -0.2) is 28.0 Å². The molecule has 1 N–H and O–H groups in total. The molecule has 0 radical (unpaired) electrons. The van der Waals surface area contributed by atoms with Crippen molar-refractivity contribution in [1.82, 2.24) is 10.2 Å². The summed E-state index contributed by atoms with van der Waals surface area (Å²) in [6.45, 7) is 5.96. The zero-order valence-corrected chi connectivity index (χ0v) is 21.5. The Morgan fingerprint density at radius 2 is 1.89 bits per heavy atom. The molecular formula is C27H28ClN3O3S. The average Bonchev–Trinajstić information content (AvgIpc) is 3.24. The van der Waals surface area contributed by atoms with Gasteiger partial charge in [-0.15, -0.1) is 0 Å². The molecule has 2 aliphatic rings. The highest BCUT2D eigenvalue weighted by Crippen LogP contribution is 2.46. The first-order chi connectivity index (χ1) is 16.9. The van der Waals surface area contributed by atoms with Gasteiger partial charge in [0.25, 0.3) is 0 Å². The Morgan fingerprint density at radius 1 is 1.17 bits per heavy atom. The lowest BCUT2D eigenvalue weighted by molar-refractivity contribution is -0.141. The third-order valence-corrected chi connectivity index (χ3v) is 7.23. The first-order valence-electron chi connectivity index (χ1n) is 11.6. The average molecular weight is 510 g/mol. The fourth-order valence-electron chi connectivity index (χ4n) is 4.02. The minimum absolute atomic E-state index is 0.0789. The molecule has 1 amide bonds. The van der Waals surface area contributed by atoms with E-state index in [0.29, 0.717) is 21.5 Å². The number of carbonyl (C=O) groups excluding carboxylic acids is 2. The number of esters is 1. The van der Waals surface area contributed by atoms with Crippen LogP contribution in [0.1, 0.15) is 50.8 Å². The van der Waals surface area contributed by atoms with Crippen LogP contribution in [0.25, 0.3) is 0 Å². The SMILES string of the molecule is CC[C@H](C)NC(=O)CC1=CSC2=NC(C)=C(C(=O)OCc3ccccc3)[C@@H](c3ccccc3Cl)N12. The van der Waals surface area contributed by atoms with E-state index in [4.69, 9.17) is 21.3 Å². The molecule has 0 unspecified atom stereocenters. The molecule has 8 heteroatoms. The molecular weight excluding hydrogens is 482 g/mol. The van der Waals surface area contributed by atoms with Crippen molar-refractivity contribution in [1.29, 1.82) is 0 Å². The maximum Gasteiger partial charge on any atom is 0.338 e. The summed E-state index contributed by atoms with van der Waals surface area (Å²) in [5.41, 5.74) is 3.40. The molecule has 2 heterocycles. The van der Waals surface area contributed by atoms with E-state index >= 15 is 0 Å². The van der Waals surface area contributed by atoms with Crippen molar-refractivity contribution in [2.75, 3.05) is 0 Å². The molecule has 0 bridgehead atoms. The maximum absolute atomic E-state index is 13.5. The summed E-state index contributed by atoms with van der Waals surface area (Å²) >= 11 is 8.07. The predicted molar refractivity (Wildman–Crippen MR) is 141 cm³/mol. The number of ether oxygens (including phenoxy) is 1. The minimum Gasteiger partial charge on any atom is -0.457 e. The number of amides is 1. The number of nitrogens with zero attached hydrogens (tertiary/aromatic N) is 2. The Morgan fingerprint density at radius 3 is 2.60 bits per heavy atom. The van der Waals surface area contributed by atoms with Crippen molar-refractivity contribution in [2.24, 2.45) is 4.99 Å². The Bertz CT molecular complexity index is 1210. The van der Waals surface area contributed by atoms with Crippen molar-refractivity contribution in [3.05, 3.63) is 93.1 Å². The Hall–Kier alpha value is -3.03. The number of benzene rings is 2. The fraction of sp³-hybridized carbons (Fsp3) is 0.296. The standard InChI is InChI=1S/C27H28ClN3O3S/c1-4-17(2)29-23(32)14-20-16-35-27-30-18(3)24(26(33)34-15-19-10-6-5-7-11-19)25(31(20)27)21-12-8-9-13-22(21)28/h5-13,16-17,25H,4,14-15H2,1-3H3,(H,29,32)/t17-,25+/m0/s1. The number of hydrogen-bond donors (Lipinski definition) is 1. The van der Waals surface area contributed by atoms with Crippen LogP contribution in [-0.2, 0) is 20.9 Å². The van der Waals surface area contributed by atoms with Crippen LogP contribution >= 0.6 is 23.4 Å². The van der Waals surface area contributed by atoms with Crippen LogP contribution in [0.2, 0.25) is 5.02 Å². The summed E-state index contributed by atoms with van der Waals surface area (Å²) in [7, 11) is 0. The van der Waals surface area contributed by atoms with Crippen molar-refractivity contribution in [3.8, 4) is 0 Å². The highest BCUT2D eigenvalue weighted by atomic mass is 35.5. The lowest BCUT2D eigenvalue weighted by Crippen LogP contribution is -2.39. The maximum atomic E-state index is 13.5. The number of amidine groups is 1. The zero-order valence-electron chi connectivity index (χ0n) is 20.0. The molecule has 6 nitrogen and oxygen atoms in total. The molecule has 0 saturated heterocycles. The molecule has 0 saturated carbocycles. The van der Waals surface area contributed by atoms with E-state index in [2.05, 4.69) is 5.32 Å². The van der Waals surface area contributed by atoms with E-state index < -0.39 is 12.0 Å². The van der Waals surface area contributed by atoms with Gasteiger partial charge in [-0.3, -0.25) is 4.79 Å². The number of allylic oxidation sites excluding steroid dienone is 1. The van der Waals surface area contributed by atoms with Crippen molar-refractivity contribution in [2.45, 2.75) is 52.3 Å². The number of fused-ring (bicyclic) bond motifs is 1.